The lowest BCUT2D eigenvalue weighted by Crippen LogP contribution is -2.44. The largest absolute Gasteiger partial charge is 0.477 e. The first-order valence-electron chi connectivity index (χ1n) is 8.43. The van der Waals surface area contributed by atoms with Gasteiger partial charge in [-0.05, 0) is 37.8 Å². The van der Waals surface area contributed by atoms with Crippen LogP contribution in [0.1, 0.15) is 77.0 Å². The molecule has 2 aliphatic rings. The number of nitrogens with one attached hydrogen (secondary N) is 1. The van der Waals surface area contributed by atoms with Crippen LogP contribution in [-0.4, -0.2) is 32.1 Å². The number of hydrogen-bond donors (Lipinski definition) is 2. The van der Waals surface area contributed by atoms with Crippen molar-refractivity contribution in [3.63, 3.8) is 0 Å². The van der Waals surface area contributed by atoms with Crippen LogP contribution < -0.4 is 5.32 Å². The zero-order valence-electron chi connectivity index (χ0n) is 13.6. The molecule has 0 atom stereocenters. The second kappa shape index (κ2) is 5.94. The van der Waals surface area contributed by atoms with E-state index in [-0.39, 0.29) is 11.6 Å². The first-order valence-corrected chi connectivity index (χ1v) is 8.43. The van der Waals surface area contributed by atoms with Gasteiger partial charge in [0, 0.05) is 12.1 Å². The van der Waals surface area contributed by atoms with Crippen molar-refractivity contribution in [1.82, 2.24) is 20.4 Å². The van der Waals surface area contributed by atoms with Crippen LogP contribution in [0.2, 0.25) is 0 Å². The molecule has 0 bridgehead atoms. The Morgan fingerprint density at radius 3 is 2.60 bits per heavy atom. The van der Waals surface area contributed by atoms with Crippen LogP contribution in [0.25, 0.3) is 0 Å². The summed E-state index contributed by atoms with van der Waals surface area (Å²) in [5.74, 6) is 0.115. The van der Waals surface area contributed by atoms with Gasteiger partial charge in [0.1, 0.15) is 11.2 Å². The molecular formula is C17H18N4O4. The third-order valence-corrected chi connectivity index (χ3v) is 4.85. The molecule has 1 amide bonds. The second-order valence-corrected chi connectivity index (χ2v) is 6.71. The van der Waals surface area contributed by atoms with E-state index in [1.165, 1.54) is 18.3 Å². The van der Waals surface area contributed by atoms with E-state index in [9.17, 15) is 9.59 Å². The maximum atomic E-state index is 12.6. The highest BCUT2D eigenvalue weighted by Gasteiger charge is 2.42. The Morgan fingerprint density at radius 2 is 2.00 bits per heavy atom. The summed E-state index contributed by atoms with van der Waals surface area (Å²) in [4.78, 5) is 31.8. The minimum absolute atomic E-state index is 0.0978. The van der Waals surface area contributed by atoms with Crippen molar-refractivity contribution < 1.29 is 19.2 Å². The minimum atomic E-state index is -1.13. The highest BCUT2D eigenvalue weighted by atomic mass is 16.5. The predicted molar refractivity (Wildman–Crippen MR) is 85.1 cm³/mol. The summed E-state index contributed by atoms with van der Waals surface area (Å²) >= 11 is 0. The van der Waals surface area contributed by atoms with Gasteiger partial charge >= 0.3 is 5.97 Å². The van der Waals surface area contributed by atoms with E-state index in [4.69, 9.17) is 9.63 Å². The van der Waals surface area contributed by atoms with E-state index in [0.717, 1.165) is 38.5 Å². The summed E-state index contributed by atoms with van der Waals surface area (Å²) in [6.45, 7) is 0. The Kier molecular flexibility index (Phi) is 3.74. The monoisotopic (exact) mass is 342 g/mol. The topological polar surface area (TPSA) is 118 Å². The van der Waals surface area contributed by atoms with Gasteiger partial charge in [-0.25, -0.2) is 9.78 Å². The molecule has 0 saturated heterocycles. The van der Waals surface area contributed by atoms with E-state index < -0.39 is 11.5 Å². The van der Waals surface area contributed by atoms with Crippen LogP contribution in [0.4, 0.5) is 0 Å². The summed E-state index contributed by atoms with van der Waals surface area (Å²) in [6.07, 6.45) is 6.87. The van der Waals surface area contributed by atoms with Crippen molar-refractivity contribution in [2.45, 2.75) is 50.0 Å². The fraction of sp³-hybridized carbons (Fsp3) is 0.471. The molecule has 0 spiro atoms. The average Bonchev–Trinajstić information content (AvgIpc) is 3.15. The SMILES string of the molecule is O=C(NC1(c2noc(C3CC3)n2)CCCC1)c1ccc(C(=O)O)nc1. The van der Waals surface area contributed by atoms with Gasteiger partial charge in [0.25, 0.3) is 5.91 Å². The van der Waals surface area contributed by atoms with E-state index in [1.807, 2.05) is 0 Å². The van der Waals surface area contributed by atoms with Crippen molar-refractivity contribution in [3.8, 4) is 0 Å². The van der Waals surface area contributed by atoms with Crippen molar-refractivity contribution in [2.24, 2.45) is 0 Å². The third kappa shape index (κ3) is 2.99. The quantitative estimate of drug-likeness (QED) is 0.855. The molecule has 25 heavy (non-hydrogen) atoms. The lowest BCUT2D eigenvalue weighted by atomic mass is 9.96. The molecule has 2 aliphatic carbocycles. The van der Waals surface area contributed by atoms with Gasteiger partial charge in [-0.15, -0.1) is 0 Å². The molecule has 2 aromatic rings. The van der Waals surface area contributed by atoms with Crippen LogP contribution in [0, 0.1) is 0 Å². The lowest BCUT2D eigenvalue weighted by Gasteiger charge is -2.26. The van der Waals surface area contributed by atoms with Crippen LogP contribution in [0.3, 0.4) is 0 Å². The van der Waals surface area contributed by atoms with Gasteiger partial charge in [-0.3, -0.25) is 4.79 Å². The van der Waals surface area contributed by atoms with Crippen molar-refractivity contribution in [2.75, 3.05) is 0 Å². The molecule has 4 rings (SSSR count). The van der Waals surface area contributed by atoms with Crippen molar-refractivity contribution >= 4 is 11.9 Å². The Labute approximate surface area is 143 Å². The molecule has 2 saturated carbocycles. The molecule has 8 nitrogen and oxygen atoms in total. The van der Waals surface area contributed by atoms with Gasteiger partial charge in [0.2, 0.25) is 5.89 Å². The molecule has 0 aliphatic heterocycles. The first kappa shape index (κ1) is 15.7. The molecule has 2 aromatic heterocycles. The smallest absolute Gasteiger partial charge is 0.354 e. The highest BCUT2D eigenvalue weighted by molar-refractivity contribution is 5.95. The fourth-order valence-corrected chi connectivity index (χ4v) is 3.25. The number of pyridine rings is 1. The van der Waals surface area contributed by atoms with Gasteiger partial charge in [0.05, 0.1) is 5.56 Å². The number of carboxylic acid groups (broad SMARTS) is 1. The summed E-state index contributed by atoms with van der Waals surface area (Å²) in [5, 5.41) is 16.1. The summed E-state index contributed by atoms with van der Waals surface area (Å²) in [5.41, 5.74) is -0.416. The number of carboxylic acids is 1. The molecule has 0 aromatic carbocycles. The summed E-state index contributed by atoms with van der Waals surface area (Å²) in [6, 6.07) is 2.78. The van der Waals surface area contributed by atoms with Gasteiger partial charge in [-0.2, -0.15) is 4.98 Å². The second-order valence-electron chi connectivity index (χ2n) is 6.71. The van der Waals surface area contributed by atoms with Gasteiger partial charge in [0.15, 0.2) is 5.82 Å². The van der Waals surface area contributed by atoms with E-state index in [0.29, 0.717) is 23.2 Å². The summed E-state index contributed by atoms with van der Waals surface area (Å²) in [7, 11) is 0. The lowest BCUT2D eigenvalue weighted by molar-refractivity contribution is 0.0689. The van der Waals surface area contributed by atoms with Gasteiger partial charge < -0.3 is 14.9 Å². The molecule has 0 radical (unpaired) electrons. The Hall–Kier alpha value is -2.77. The molecule has 8 heteroatoms. The Morgan fingerprint density at radius 1 is 1.24 bits per heavy atom. The average molecular weight is 342 g/mol. The van der Waals surface area contributed by atoms with E-state index in [2.05, 4.69) is 20.4 Å². The first-order chi connectivity index (χ1) is 12.1. The number of amides is 1. The maximum Gasteiger partial charge on any atom is 0.354 e. The Balaban J connectivity index is 1.56. The molecule has 2 N–H and O–H groups in total. The number of carbonyl (C=O) groups excluding carboxylic acids is 1. The van der Waals surface area contributed by atoms with Crippen LogP contribution in [0.5, 0.6) is 0 Å². The fourth-order valence-electron chi connectivity index (χ4n) is 3.25. The zero-order chi connectivity index (χ0) is 17.4. The van der Waals surface area contributed by atoms with Crippen LogP contribution in [0.15, 0.2) is 22.9 Å². The minimum Gasteiger partial charge on any atom is -0.477 e. The number of aromatic nitrogens is 3. The normalized spacial score (nSPS) is 18.9. The number of nitrogens with zero attached hydrogens (tertiary/aromatic N) is 3. The number of aromatic carboxylic acids is 1. The molecule has 2 fully saturated rings. The highest BCUT2D eigenvalue weighted by Crippen LogP contribution is 2.42. The van der Waals surface area contributed by atoms with Crippen LogP contribution >= 0.6 is 0 Å². The summed E-state index contributed by atoms with van der Waals surface area (Å²) < 4.78 is 5.37. The number of carbonyl (C=O) groups is 2. The standard InChI is InChI=1S/C17H18N4O4/c22-13(11-5-6-12(15(23)24)18-9-11)20-17(7-1-2-8-17)16-19-14(25-21-16)10-3-4-10/h5-6,9-10H,1-4,7-8H2,(H,20,22)(H,23,24). The Bertz CT molecular complexity index is 804. The maximum absolute atomic E-state index is 12.6. The molecule has 2 heterocycles. The van der Waals surface area contributed by atoms with Gasteiger partial charge in [-0.1, -0.05) is 18.0 Å². The van der Waals surface area contributed by atoms with E-state index >= 15 is 0 Å². The zero-order valence-corrected chi connectivity index (χ0v) is 13.6. The van der Waals surface area contributed by atoms with Crippen molar-refractivity contribution in [1.29, 1.82) is 0 Å². The van der Waals surface area contributed by atoms with Crippen LogP contribution in [-0.2, 0) is 5.54 Å². The van der Waals surface area contributed by atoms with Crippen molar-refractivity contribution in [3.05, 3.63) is 41.3 Å². The number of hydrogen-bond acceptors (Lipinski definition) is 6. The predicted octanol–water partition coefficient (Wildman–Crippen LogP) is 2.24. The molecule has 130 valence electrons. The molecular weight excluding hydrogens is 324 g/mol. The number of rotatable bonds is 5. The van der Waals surface area contributed by atoms with E-state index in [1.54, 1.807) is 0 Å². The third-order valence-electron chi connectivity index (χ3n) is 4.85. The molecule has 0 unspecified atom stereocenters.